The molecule has 254 valence electrons. The smallest absolute Gasteiger partial charge is 0.256 e. The number of benzene rings is 3. The first kappa shape index (κ1) is 30.8. The minimum Gasteiger partial charge on any atom is -0.494 e. The standard InChI is InChI=1S/C39H38FN7O3/c1-50-34-15-27(38(48)46-21-26-9-11-32(46)35(26)42)13-30-36(34)47(20-24-17-44(18-24)39(49)28-10-8-23(16-41)12-29(28)40)37(43-30)33-14-25-4-2-3-5-31(25)45(33)19-22-6-7-22/h2-5,8,10,12-15,22,24,26,32,35H,6-7,9,11,17-21,42H2,1H3/t26?,32?,35-/m1/s1. The van der Waals surface area contributed by atoms with E-state index in [4.69, 9.17) is 20.7 Å². The van der Waals surface area contributed by atoms with E-state index >= 15 is 0 Å². The van der Waals surface area contributed by atoms with Crippen molar-refractivity contribution in [3.05, 3.63) is 83.2 Å². The SMILES string of the molecule is COc1cc(C(=O)N2CC3CCC2[C@@H]3N)cc2nc(-c3cc4ccccc4n3CC3CC3)n(CC3CN(C(=O)c4ccc(C#N)cc4F)C3)c12. The van der Waals surface area contributed by atoms with Crippen LogP contribution in [0.2, 0.25) is 0 Å². The number of ether oxygens (including phenoxy) is 1. The first-order valence-electron chi connectivity index (χ1n) is 17.5. The fourth-order valence-electron chi connectivity index (χ4n) is 8.52. The Kier molecular flexibility index (Phi) is 7.21. The van der Waals surface area contributed by atoms with Crippen LogP contribution in [0.15, 0.2) is 60.7 Å². The van der Waals surface area contributed by atoms with Crippen LogP contribution in [0, 0.1) is 34.9 Å². The van der Waals surface area contributed by atoms with Gasteiger partial charge >= 0.3 is 0 Å². The molecule has 2 aliphatic heterocycles. The number of nitrogens with zero attached hydrogens (tertiary/aromatic N) is 6. The maximum atomic E-state index is 14.7. The first-order valence-corrected chi connectivity index (χ1v) is 17.5. The second-order valence-electron chi connectivity index (χ2n) is 14.6. The highest BCUT2D eigenvalue weighted by Crippen LogP contribution is 2.41. The van der Waals surface area contributed by atoms with E-state index in [1.807, 2.05) is 29.2 Å². The molecule has 11 heteroatoms. The van der Waals surface area contributed by atoms with Crippen LogP contribution in [0.1, 0.15) is 52.0 Å². The van der Waals surface area contributed by atoms with Gasteiger partial charge in [0.1, 0.15) is 17.1 Å². The summed E-state index contributed by atoms with van der Waals surface area (Å²) in [6, 6.07) is 20.2. The number of aromatic nitrogens is 3. The lowest BCUT2D eigenvalue weighted by Crippen LogP contribution is -2.51. The Labute approximate surface area is 288 Å². The van der Waals surface area contributed by atoms with Gasteiger partial charge in [0, 0.05) is 67.2 Å². The van der Waals surface area contributed by atoms with Crippen molar-refractivity contribution in [2.75, 3.05) is 26.7 Å². The van der Waals surface area contributed by atoms with Gasteiger partial charge in [-0.05, 0) is 80.0 Å². The number of carbonyl (C=O) groups is 2. The summed E-state index contributed by atoms with van der Waals surface area (Å²) in [6.07, 6.45) is 4.40. The molecule has 0 radical (unpaired) electrons. The average molecular weight is 672 g/mol. The number of halogens is 1. The summed E-state index contributed by atoms with van der Waals surface area (Å²) in [5.41, 5.74) is 10.8. The Bertz CT molecular complexity index is 2240. The lowest BCUT2D eigenvalue weighted by atomic mass is 9.98. The normalized spacial score (nSPS) is 21.6. The van der Waals surface area contributed by atoms with Crippen molar-refractivity contribution in [2.24, 2.45) is 23.5 Å². The molecular formula is C39H38FN7O3. The minimum absolute atomic E-state index is 0.0195. The van der Waals surface area contributed by atoms with Gasteiger partial charge in [-0.3, -0.25) is 9.59 Å². The van der Waals surface area contributed by atoms with Gasteiger partial charge in [-0.25, -0.2) is 9.37 Å². The maximum Gasteiger partial charge on any atom is 0.256 e. The average Bonchev–Trinajstić information content (AvgIpc) is 3.47. The van der Waals surface area contributed by atoms with Crippen molar-refractivity contribution in [2.45, 2.75) is 50.9 Å². The molecule has 3 atom stereocenters. The number of imidazole rings is 1. The van der Waals surface area contributed by atoms with E-state index in [1.165, 1.54) is 25.0 Å². The Morgan fingerprint density at radius 2 is 1.76 bits per heavy atom. The zero-order valence-corrected chi connectivity index (χ0v) is 27.9. The highest BCUT2D eigenvalue weighted by molar-refractivity contribution is 6.01. The van der Waals surface area contributed by atoms with Crippen LogP contribution < -0.4 is 10.5 Å². The molecule has 4 heterocycles. The van der Waals surface area contributed by atoms with Gasteiger partial charge in [0.05, 0.1) is 35.5 Å². The Balaban J connectivity index is 1.10. The van der Waals surface area contributed by atoms with Crippen molar-refractivity contribution in [3.63, 3.8) is 0 Å². The molecule has 2 saturated carbocycles. The summed E-state index contributed by atoms with van der Waals surface area (Å²) in [5, 5.41) is 10.2. The summed E-state index contributed by atoms with van der Waals surface area (Å²) in [5.74, 6) is 1.26. The summed E-state index contributed by atoms with van der Waals surface area (Å²) >= 11 is 0. The fraction of sp³-hybridized carbons (Fsp3) is 0.385. The van der Waals surface area contributed by atoms with Gasteiger partial charge in [0.15, 0.2) is 5.82 Å². The zero-order valence-electron chi connectivity index (χ0n) is 27.9. The Morgan fingerprint density at radius 3 is 2.46 bits per heavy atom. The molecule has 10 nitrogen and oxygen atoms in total. The van der Waals surface area contributed by atoms with E-state index in [0.29, 0.717) is 54.8 Å². The summed E-state index contributed by atoms with van der Waals surface area (Å²) in [4.78, 5) is 36.0. The predicted octanol–water partition coefficient (Wildman–Crippen LogP) is 5.42. The van der Waals surface area contributed by atoms with E-state index in [2.05, 4.69) is 33.4 Å². The number of carbonyl (C=O) groups excluding carboxylic acids is 2. The lowest BCUT2D eigenvalue weighted by Gasteiger charge is -2.40. The summed E-state index contributed by atoms with van der Waals surface area (Å²) < 4.78 is 25.3. The third kappa shape index (κ3) is 4.96. The molecule has 2 unspecified atom stereocenters. The third-order valence-electron chi connectivity index (χ3n) is 11.4. The number of hydrogen-bond donors (Lipinski definition) is 1. The maximum absolute atomic E-state index is 14.7. The fourth-order valence-corrected chi connectivity index (χ4v) is 8.52. The highest BCUT2D eigenvalue weighted by Gasteiger charge is 2.47. The number of nitrogens with two attached hydrogens (primary N) is 1. The molecule has 4 aliphatic rings. The van der Waals surface area contributed by atoms with Gasteiger partial charge in [-0.15, -0.1) is 0 Å². The quantitative estimate of drug-likeness (QED) is 0.235. The number of para-hydroxylation sites is 1. The number of piperidine rings is 1. The van der Waals surface area contributed by atoms with Gasteiger partial charge in [-0.1, -0.05) is 18.2 Å². The molecular weight excluding hydrogens is 633 g/mol. The molecule has 2 saturated heterocycles. The number of fused-ring (bicyclic) bond motifs is 4. The molecule has 2 aliphatic carbocycles. The topological polar surface area (TPSA) is 122 Å². The predicted molar refractivity (Wildman–Crippen MR) is 186 cm³/mol. The Hall–Kier alpha value is -5.21. The molecule has 9 rings (SSSR count). The summed E-state index contributed by atoms with van der Waals surface area (Å²) in [7, 11) is 1.62. The molecule has 2 N–H and O–H groups in total. The van der Waals surface area contributed by atoms with Crippen molar-refractivity contribution in [3.8, 4) is 23.3 Å². The van der Waals surface area contributed by atoms with Gasteiger partial charge < -0.3 is 29.4 Å². The number of hydrogen-bond acceptors (Lipinski definition) is 6. The Morgan fingerprint density at radius 1 is 0.960 bits per heavy atom. The number of amides is 2. The van der Waals surface area contributed by atoms with E-state index < -0.39 is 5.82 Å². The first-order chi connectivity index (χ1) is 24.3. The van der Waals surface area contributed by atoms with E-state index in [-0.39, 0.29) is 40.9 Å². The van der Waals surface area contributed by atoms with Crippen LogP contribution in [0.3, 0.4) is 0 Å². The second-order valence-corrected chi connectivity index (χ2v) is 14.6. The molecule has 2 amide bonds. The van der Waals surface area contributed by atoms with E-state index in [1.54, 1.807) is 12.0 Å². The molecule has 2 bridgehead atoms. The molecule has 0 spiro atoms. The number of methoxy groups -OCH3 is 1. The van der Waals surface area contributed by atoms with Crippen LogP contribution in [0.25, 0.3) is 33.5 Å². The third-order valence-corrected chi connectivity index (χ3v) is 11.4. The zero-order chi connectivity index (χ0) is 34.3. The van der Waals surface area contributed by atoms with Crippen LogP contribution in [-0.4, -0.2) is 74.6 Å². The van der Waals surface area contributed by atoms with Gasteiger partial charge in [-0.2, -0.15) is 5.26 Å². The van der Waals surface area contributed by atoms with Gasteiger partial charge in [0.2, 0.25) is 0 Å². The van der Waals surface area contributed by atoms with Crippen LogP contribution in [0.4, 0.5) is 4.39 Å². The summed E-state index contributed by atoms with van der Waals surface area (Å²) in [6.45, 7) is 3.00. The van der Waals surface area contributed by atoms with Gasteiger partial charge in [0.25, 0.3) is 11.8 Å². The lowest BCUT2D eigenvalue weighted by molar-refractivity contribution is 0.0466. The van der Waals surface area contributed by atoms with Crippen molar-refractivity contribution in [1.82, 2.24) is 23.9 Å². The molecule has 4 fully saturated rings. The van der Waals surface area contributed by atoms with Crippen molar-refractivity contribution < 1.29 is 18.7 Å². The highest BCUT2D eigenvalue weighted by atomic mass is 19.1. The monoisotopic (exact) mass is 671 g/mol. The number of rotatable bonds is 8. The molecule has 3 aromatic carbocycles. The van der Waals surface area contributed by atoms with E-state index in [9.17, 15) is 14.0 Å². The number of likely N-dealkylation sites (tertiary alicyclic amines) is 2. The molecule has 50 heavy (non-hydrogen) atoms. The van der Waals surface area contributed by atoms with Crippen LogP contribution in [-0.2, 0) is 13.1 Å². The second kappa shape index (κ2) is 11.7. The largest absolute Gasteiger partial charge is 0.494 e. The van der Waals surface area contributed by atoms with Crippen LogP contribution in [0.5, 0.6) is 5.75 Å². The van der Waals surface area contributed by atoms with E-state index in [0.717, 1.165) is 53.4 Å². The molecule has 5 aromatic rings. The van der Waals surface area contributed by atoms with Crippen molar-refractivity contribution >= 4 is 33.8 Å². The molecule has 2 aromatic heterocycles. The van der Waals surface area contributed by atoms with Crippen molar-refractivity contribution in [1.29, 1.82) is 5.26 Å². The number of nitriles is 1. The van der Waals surface area contributed by atoms with Crippen LogP contribution >= 0.6 is 0 Å². The minimum atomic E-state index is -0.692.